The van der Waals surface area contributed by atoms with Gasteiger partial charge in [0, 0.05) is 38.1 Å². The monoisotopic (exact) mass is 378 g/mol. The molecule has 0 saturated carbocycles. The number of hydrogen-bond donors (Lipinski definition) is 0. The quantitative estimate of drug-likeness (QED) is 0.632. The SMILES string of the molecule is Cc1nccc(N2CCN(c3cncc(SCc4ccccc4)n3)CC2)n1. The van der Waals surface area contributed by atoms with E-state index in [1.54, 1.807) is 11.8 Å². The van der Waals surface area contributed by atoms with Crippen LogP contribution < -0.4 is 9.80 Å². The molecule has 7 heteroatoms. The molecule has 138 valence electrons. The molecule has 2 aromatic heterocycles. The third-order valence-electron chi connectivity index (χ3n) is 4.52. The van der Waals surface area contributed by atoms with Crippen molar-refractivity contribution in [3.05, 3.63) is 66.4 Å². The molecule has 1 aliphatic heterocycles. The van der Waals surface area contributed by atoms with E-state index in [-0.39, 0.29) is 0 Å². The van der Waals surface area contributed by atoms with Gasteiger partial charge in [-0.25, -0.2) is 15.0 Å². The van der Waals surface area contributed by atoms with E-state index < -0.39 is 0 Å². The maximum Gasteiger partial charge on any atom is 0.148 e. The van der Waals surface area contributed by atoms with Crippen LogP contribution in [0.1, 0.15) is 11.4 Å². The van der Waals surface area contributed by atoms with Gasteiger partial charge < -0.3 is 9.80 Å². The topological polar surface area (TPSA) is 58.0 Å². The second-order valence-electron chi connectivity index (χ2n) is 6.43. The number of anilines is 2. The van der Waals surface area contributed by atoms with Crippen molar-refractivity contribution in [1.29, 1.82) is 0 Å². The van der Waals surface area contributed by atoms with Crippen molar-refractivity contribution in [2.24, 2.45) is 0 Å². The smallest absolute Gasteiger partial charge is 0.148 e. The number of aromatic nitrogens is 4. The molecule has 3 aromatic rings. The molecule has 0 amide bonds. The van der Waals surface area contributed by atoms with E-state index in [0.29, 0.717) is 0 Å². The molecule has 4 rings (SSSR count). The van der Waals surface area contributed by atoms with Crippen LogP contribution >= 0.6 is 11.8 Å². The number of thioether (sulfide) groups is 1. The van der Waals surface area contributed by atoms with E-state index in [0.717, 1.165) is 54.4 Å². The first-order valence-electron chi connectivity index (χ1n) is 9.06. The van der Waals surface area contributed by atoms with E-state index >= 15 is 0 Å². The summed E-state index contributed by atoms with van der Waals surface area (Å²) < 4.78 is 0. The molecular weight excluding hydrogens is 356 g/mol. The van der Waals surface area contributed by atoms with Gasteiger partial charge in [-0.2, -0.15) is 0 Å². The van der Waals surface area contributed by atoms with Crippen molar-refractivity contribution in [3.8, 4) is 0 Å². The molecule has 0 aliphatic carbocycles. The van der Waals surface area contributed by atoms with E-state index in [4.69, 9.17) is 4.98 Å². The fourth-order valence-corrected chi connectivity index (χ4v) is 3.88. The molecule has 0 atom stereocenters. The van der Waals surface area contributed by atoms with Crippen molar-refractivity contribution in [2.75, 3.05) is 36.0 Å². The highest BCUT2D eigenvalue weighted by atomic mass is 32.2. The van der Waals surface area contributed by atoms with Gasteiger partial charge in [0.25, 0.3) is 0 Å². The Morgan fingerprint density at radius 1 is 0.889 bits per heavy atom. The Morgan fingerprint density at radius 3 is 2.37 bits per heavy atom. The first-order chi connectivity index (χ1) is 13.3. The maximum absolute atomic E-state index is 4.81. The summed E-state index contributed by atoms with van der Waals surface area (Å²) in [5.74, 6) is 3.66. The van der Waals surface area contributed by atoms with E-state index in [1.165, 1.54) is 5.56 Å². The van der Waals surface area contributed by atoms with Crippen molar-refractivity contribution >= 4 is 23.4 Å². The van der Waals surface area contributed by atoms with Gasteiger partial charge in [-0.05, 0) is 18.6 Å². The first kappa shape index (κ1) is 17.7. The maximum atomic E-state index is 4.81. The number of hydrogen-bond acceptors (Lipinski definition) is 7. The summed E-state index contributed by atoms with van der Waals surface area (Å²) in [7, 11) is 0. The summed E-state index contributed by atoms with van der Waals surface area (Å²) >= 11 is 1.72. The Kier molecular flexibility index (Phi) is 5.48. The van der Waals surface area contributed by atoms with Gasteiger partial charge >= 0.3 is 0 Å². The lowest BCUT2D eigenvalue weighted by atomic mass is 10.2. The summed E-state index contributed by atoms with van der Waals surface area (Å²) in [5.41, 5.74) is 1.29. The zero-order valence-corrected chi connectivity index (χ0v) is 16.1. The summed E-state index contributed by atoms with van der Waals surface area (Å²) in [5, 5.41) is 0.963. The molecule has 27 heavy (non-hydrogen) atoms. The second kappa shape index (κ2) is 8.35. The molecule has 0 unspecified atom stereocenters. The van der Waals surface area contributed by atoms with E-state index in [2.05, 4.69) is 49.0 Å². The second-order valence-corrected chi connectivity index (χ2v) is 7.42. The average molecular weight is 379 g/mol. The Bertz CT molecular complexity index is 880. The van der Waals surface area contributed by atoms with Crippen LogP contribution in [-0.2, 0) is 5.75 Å². The predicted octanol–water partition coefficient (Wildman–Crippen LogP) is 3.19. The van der Waals surface area contributed by atoms with Gasteiger partial charge in [-0.3, -0.25) is 4.98 Å². The molecule has 1 aromatic carbocycles. The van der Waals surface area contributed by atoms with Gasteiger partial charge in [-0.1, -0.05) is 30.3 Å². The minimum atomic E-state index is 0.809. The fraction of sp³-hybridized carbons (Fsp3) is 0.300. The summed E-state index contributed by atoms with van der Waals surface area (Å²) in [6, 6.07) is 12.4. The summed E-state index contributed by atoms with van der Waals surface area (Å²) in [6.07, 6.45) is 5.52. The molecular formula is C20H22N6S. The first-order valence-corrected chi connectivity index (χ1v) is 10.0. The number of nitrogens with zero attached hydrogens (tertiary/aromatic N) is 6. The van der Waals surface area contributed by atoms with Gasteiger partial charge in [0.15, 0.2) is 0 Å². The highest BCUT2D eigenvalue weighted by molar-refractivity contribution is 7.98. The summed E-state index contributed by atoms with van der Waals surface area (Å²) in [4.78, 5) is 22.5. The van der Waals surface area contributed by atoms with Crippen molar-refractivity contribution in [1.82, 2.24) is 19.9 Å². The van der Waals surface area contributed by atoms with Crippen LogP contribution in [0, 0.1) is 6.92 Å². The third kappa shape index (κ3) is 4.54. The molecule has 0 radical (unpaired) electrons. The molecule has 6 nitrogen and oxygen atoms in total. The Labute approximate surface area is 163 Å². The molecule has 3 heterocycles. The van der Waals surface area contributed by atoms with Crippen LogP contribution in [0.15, 0.2) is 60.0 Å². The minimum Gasteiger partial charge on any atom is -0.353 e. The normalized spacial score (nSPS) is 14.4. The summed E-state index contributed by atoms with van der Waals surface area (Å²) in [6.45, 7) is 5.57. The Balaban J connectivity index is 1.37. The predicted molar refractivity (Wildman–Crippen MR) is 109 cm³/mol. The van der Waals surface area contributed by atoms with Gasteiger partial charge in [0.1, 0.15) is 22.5 Å². The van der Waals surface area contributed by atoms with Crippen LogP contribution in [0.3, 0.4) is 0 Å². The Hall–Kier alpha value is -2.67. The minimum absolute atomic E-state index is 0.809. The lowest BCUT2D eigenvalue weighted by Crippen LogP contribution is -2.47. The zero-order valence-electron chi connectivity index (χ0n) is 15.3. The number of aryl methyl sites for hydroxylation is 1. The number of rotatable bonds is 5. The zero-order chi connectivity index (χ0) is 18.5. The van der Waals surface area contributed by atoms with Gasteiger partial charge in [0.05, 0.1) is 12.4 Å². The van der Waals surface area contributed by atoms with Crippen LogP contribution in [0.5, 0.6) is 0 Å². The highest BCUT2D eigenvalue weighted by Gasteiger charge is 2.19. The van der Waals surface area contributed by atoms with Crippen LogP contribution in [0.25, 0.3) is 0 Å². The van der Waals surface area contributed by atoms with E-state index in [9.17, 15) is 0 Å². The van der Waals surface area contributed by atoms with Crippen molar-refractivity contribution < 1.29 is 0 Å². The molecule has 1 saturated heterocycles. The highest BCUT2D eigenvalue weighted by Crippen LogP contribution is 2.23. The van der Waals surface area contributed by atoms with Gasteiger partial charge in [-0.15, -0.1) is 11.8 Å². The lowest BCUT2D eigenvalue weighted by Gasteiger charge is -2.36. The fourth-order valence-electron chi connectivity index (χ4n) is 3.08. The molecule has 0 spiro atoms. The van der Waals surface area contributed by atoms with Crippen LogP contribution in [0.2, 0.25) is 0 Å². The molecule has 1 fully saturated rings. The van der Waals surface area contributed by atoms with Gasteiger partial charge in [0.2, 0.25) is 0 Å². The third-order valence-corrected chi connectivity index (χ3v) is 5.49. The van der Waals surface area contributed by atoms with Crippen molar-refractivity contribution in [3.63, 3.8) is 0 Å². The standard InChI is InChI=1S/C20H22N6S/c1-16-22-8-7-18(23-16)25-9-11-26(12-10-25)19-13-21-14-20(24-19)27-15-17-5-3-2-4-6-17/h2-8,13-14H,9-12,15H2,1H3. The Morgan fingerprint density at radius 2 is 1.63 bits per heavy atom. The van der Waals surface area contributed by atoms with Crippen molar-refractivity contribution in [2.45, 2.75) is 17.7 Å². The molecule has 0 bridgehead atoms. The largest absolute Gasteiger partial charge is 0.353 e. The van der Waals surface area contributed by atoms with Crippen LogP contribution in [-0.4, -0.2) is 46.1 Å². The molecule has 1 aliphatic rings. The average Bonchev–Trinajstić information content (AvgIpc) is 2.73. The number of piperazine rings is 1. The number of benzene rings is 1. The van der Waals surface area contributed by atoms with E-state index in [1.807, 2.05) is 37.6 Å². The van der Waals surface area contributed by atoms with Crippen LogP contribution in [0.4, 0.5) is 11.6 Å². The molecule has 0 N–H and O–H groups in total. The lowest BCUT2D eigenvalue weighted by molar-refractivity contribution is 0.636.